The molecule has 1 fully saturated rings. The van der Waals surface area contributed by atoms with Crippen LogP contribution in [0.5, 0.6) is 0 Å². The summed E-state index contributed by atoms with van der Waals surface area (Å²) >= 11 is 0. The molecule has 1 aliphatic heterocycles. The molecule has 4 nitrogen and oxygen atoms in total. The summed E-state index contributed by atoms with van der Waals surface area (Å²) in [6.45, 7) is 4.26. The summed E-state index contributed by atoms with van der Waals surface area (Å²) in [4.78, 5) is 16.7. The summed E-state index contributed by atoms with van der Waals surface area (Å²) in [6.07, 6.45) is 3.37. The standard InChI is InChI=1S/C20H23N3O/c1-22-13-15-23(16-14-22)19-10-8-18(9-11-19)21-20(24)12-7-17-5-3-2-4-6-17/h2-12H,13-16H2,1H3,(H,21,24)/b12-7+. The molecule has 3 rings (SSSR count). The molecule has 0 unspecified atom stereocenters. The average molecular weight is 321 g/mol. The van der Waals surface area contributed by atoms with Crippen LogP contribution in [0.2, 0.25) is 0 Å². The Hall–Kier alpha value is -2.59. The zero-order valence-corrected chi connectivity index (χ0v) is 14.0. The molecule has 0 spiro atoms. The third kappa shape index (κ3) is 4.46. The summed E-state index contributed by atoms with van der Waals surface area (Å²) in [5.41, 5.74) is 3.04. The summed E-state index contributed by atoms with van der Waals surface area (Å²) < 4.78 is 0. The van der Waals surface area contributed by atoms with E-state index < -0.39 is 0 Å². The number of nitrogens with one attached hydrogen (secondary N) is 1. The Kier molecular flexibility index (Phi) is 5.29. The van der Waals surface area contributed by atoms with Crippen LogP contribution in [-0.2, 0) is 4.79 Å². The zero-order chi connectivity index (χ0) is 16.8. The van der Waals surface area contributed by atoms with E-state index in [1.807, 2.05) is 48.5 Å². The van der Waals surface area contributed by atoms with Gasteiger partial charge in [0.15, 0.2) is 0 Å². The lowest BCUT2D eigenvalue weighted by atomic mass is 10.2. The van der Waals surface area contributed by atoms with Crippen LogP contribution >= 0.6 is 0 Å². The zero-order valence-electron chi connectivity index (χ0n) is 14.0. The third-order valence-electron chi connectivity index (χ3n) is 4.23. The molecule has 124 valence electrons. The molecule has 0 atom stereocenters. The molecular formula is C20H23N3O. The third-order valence-corrected chi connectivity index (χ3v) is 4.23. The molecule has 4 heteroatoms. The Bertz CT molecular complexity index is 687. The second-order valence-electron chi connectivity index (χ2n) is 6.07. The minimum atomic E-state index is -0.119. The fourth-order valence-electron chi connectivity index (χ4n) is 2.74. The van der Waals surface area contributed by atoms with E-state index >= 15 is 0 Å². The first-order valence-corrected chi connectivity index (χ1v) is 8.28. The van der Waals surface area contributed by atoms with Crippen molar-refractivity contribution in [1.82, 2.24) is 4.90 Å². The average Bonchev–Trinajstić information content (AvgIpc) is 2.62. The molecule has 1 aliphatic rings. The highest BCUT2D eigenvalue weighted by molar-refractivity contribution is 6.02. The Morgan fingerprint density at radius 1 is 0.958 bits per heavy atom. The van der Waals surface area contributed by atoms with Crippen molar-refractivity contribution in [3.05, 3.63) is 66.2 Å². The molecule has 0 aromatic heterocycles. The first-order chi connectivity index (χ1) is 11.7. The fraction of sp³-hybridized carbons (Fsp3) is 0.250. The van der Waals surface area contributed by atoms with Gasteiger partial charge in [-0.1, -0.05) is 30.3 Å². The van der Waals surface area contributed by atoms with Crippen molar-refractivity contribution in [2.24, 2.45) is 0 Å². The van der Waals surface area contributed by atoms with Crippen molar-refractivity contribution >= 4 is 23.4 Å². The highest BCUT2D eigenvalue weighted by Crippen LogP contribution is 2.19. The van der Waals surface area contributed by atoms with Gasteiger partial charge in [-0.25, -0.2) is 0 Å². The van der Waals surface area contributed by atoms with E-state index in [2.05, 4.69) is 34.3 Å². The highest BCUT2D eigenvalue weighted by Gasteiger charge is 2.13. The minimum Gasteiger partial charge on any atom is -0.369 e. The molecule has 0 radical (unpaired) electrons. The number of rotatable bonds is 4. The second kappa shape index (κ2) is 7.79. The smallest absolute Gasteiger partial charge is 0.248 e. The van der Waals surface area contributed by atoms with E-state index in [4.69, 9.17) is 0 Å². The Balaban J connectivity index is 1.56. The number of hydrogen-bond donors (Lipinski definition) is 1. The second-order valence-corrected chi connectivity index (χ2v) is 6.07. The van der Waals surface area contributed by atoms with Crippen molar-refractivity contribution < 1.29 is 4.79 Å². The van der Waals surface area contributed by atoms with E-state index in [0.717, 1.165) is 37.4 Å². The van der Waals surface area contributed by atoms with E-state index in [0.29, 0.717) is 0 Å². The molecule has 2 aromatic carbocycles. The predicted molar refractivity (Wildman–Crippen MR) is 100 cm³/mol. The number of likely N-dealkylation sites (N-methyl/N-ethyl adjacent to an activating group) is 1. The van der Waals surface area contributed by atoms with Crippen LogP contribution in [0.15, 0.2) is 60.7 Å². The number of amides is 1. The van der Waals surface area contributed by atoms with Crippen molar-refractivity contribution in [1.29, 1.82) is 0 Å². The monoisotopic (exact) mass is 321 g/mol. The minimum absolute atomic E-state index is 0.119. The van der Waals surface area contributed by atoms with Gasteiger partial charge in [-0.15, -0.1) is 0 Å². The van der Waals surface area contributed by atoms with Gasteiger partial charge in [-0.3, -0.25) is 4.79 Å². The molecule has 1 saturated heterocycles. The van der Waals surface area contributed by atoms with E-state index in [1.54, 1.807) is 6.08 Å². The van der Waals surface area contributed by atoms with E-state index in [-0.39, 0.29) is 5.91 Å². The van der Waals surface area contributed by atoms with Gasteiger partial charge in [0.2, 0.25) is 5.91 Å². The van der Waals surface area contributed by atoms with E-state index in [9.17, 15) is 4.79 Å². The van der Waals surface area contributed by atoms with Crippen LogP contribution in [0.3, 0.4) is 0 Å². The lowest BCUT2D eigenvalue weighted by Gasteiger charge is -2.34. The maximum absolute atomic E-state index is 12.0. The maximum atomic E-state index is 12.0. The number of benzene rings is 2. The van der Waals surface area contributed by atoms with Crippen LogP contribution in [0.4, 0.5) is 11.4 Å². The van der Waals surface area contributed by atoms with Crippen LogP contribution in [0, 0.1) is 0 Å². The first-order valence-electron chi connectivity index (χ1n) is 8.28. The fourth-order valence-corrected chi connectivity index (χ4v) is 2.74. The van der Waals surface area contributed by atoms with Gasteiger partial charge in [0.1, 0.15) is 0 Å². The molecule has 2 aromatic rings. The molecule has 0 saturated carbocycles. The quantitative estimate of drug-likeness (QED) is 0.879. The van der Waals surface area contributed by atoms with Crippen molar-refractivity contribution in [2.75, 3.05) is 43.4 Å². The summed E-state index contributed by atoms with van der Waals surface area (Å²) in [5.74, 6) is -0.119. The maximum Gasteiger partial charge on any atom is 0.248 e. The topological polar surface area (TPSA) is 35.6 Å². The number of hydrogen-bond acceptors (Lipinski definition) is 3. The number of anilines is 2. The van der Waals surface area contributed by atoms with Crippen molar-refractivity contribution in [3.8, 4) is 0 Å². The number of carbonyl (C=O) groups excluding carboxylic acids is 1. The molecule has 0 bridgehead atoms. The van der Waals surface area contributed by atoms with Gasteiger partial charge >= 0.3 is 0 Å². The van der Waals surface area contributed by atoms with Gasteiger partial charge in [0.25, 0.3) is 0 Å². The Morgan fingerprint density at radius 3 is 2.29 bits per heavy atom. The molecular weight excluding hydrogens is 298 g/mol. The molecule has 24 heavy (non-hydrogen) atoms. The molecule has 0 aliphatic carbocycles. The van der Waals surface area contributed by atoms with Gasteiger partial charge in [-0.05, 0) is 43.0 Å². The Labute approximate surface area is 143 Å². The van der Waals surface area contributed by atoms with Gasteiger partial charge < -0.3 is 15.1 Å². The summed E-state index contributed by atoms with van der Waals surface area (Å²) in [5, 5.41) is 2.90. The van der Waals surface area contributed by atoms with Crippen molar-refractivity contribution in [3.63, 3.8) is 0 Å². The molecule has 1 amide bonds. The number of piperazine rings is 1. The molecule has 1 N–H and O–H groups in total. The van der Waals surface area contributed by atoms with Crippen molar-refractivity contribution in [2.45, 2.75) is 0 Å². The van der Waals surface area contributed by atoms with Crippen LogP contribution in [0.25, 0.3) is 6.08 Å². The van der Waals surface area contributed by atoms with E-state index in [1.165, 1.54) is 5.69 Å². The first kappa shape index (κ1) is 16.3. The number of carbonyl (C=O) groups is 1. The lowest BCUT2D eigenvalue weighted by Crippen LogP contribution is -2.44. The lowest BCUT2D eigenvalue weighted by molar-refractivity contribution is -0.111. The van der Waals surface area contributed by atoms with Gasteiger partial charge in [-0.2, -0.15) is 0 Å². The van der Waals surface area contributed by atoms with Crippen LogP contribution in [0.1, 0.15) is 5.56 Å². The highest BCUT2D eigenvalue weighted by atomic mass is 16.1. The predicted octanol–water partition coefficient (Wildman–Crippen LogP) is 3.09. The van der Waals surface area contributed by atoms with Gasteiger partial charge in [0, 0.05) is 43.6 Å². The summed E-state index contributed by atoms with van der Waals surface area (Å²) in [7, 11) is 2.15. The normalized spacial score (nSPS) is 15.6. The summed E-state index contributed by atoms with van der Waals surface area (Å²) in [6, 6.07) is 17.9. The van der Waals surface area contributed by atoms with Crippen LogP contribution in [-0.4, -0.2) is 44.0 Å². The SMILES string of the molecule is CN1CCN(c2ccc(NC(=O)/C=C/c3ccccc3)cc2)CC1. The molecule has 1 heterocycles. The Morgan fingerprint density at radius 2 is 1.62 bits per heavy atom. The largest absolute Gasteiger partial charge is 0.369 e. The number of nitrogens with zero attached hydrogens (tertiary/aromatic N) is 2. The van der Waals surface area contributed by atoms with Crippen LogP contribution < -0.4 is 10.2 Å². The van der Waals surface area contributed by atoms with Gasteiger partial charge in [0.05, 0.1) is 0 Å².